The lowest BCUT2D eigenvalue weighted by Crippen LogP contribution is -2.16. The zero-order valence-corrected chi connectivity index (χ0v) is 15.3. The van der Waals surface area contributed by atoms with Crippen molar-refractivity contribution in [2.45, 2.75) is 19.8 Å². The molecule has 0 saturated carbocycles. The summed E-state index contributed by atoms with van der Waals surface area (Å²) in [6, 6.07) is 10.8. The monoisotopic (exact) mass is 364 g/mol. The number of nitrogens with two attached hydrogens (primary N) is 1. The number of aryl methyl sites for hydroxylation is 1. The minimum Gasteiger partial charge on any atom is -0.508 e. The highest BCUT2D eigenvalue weighted by atomic mass is 16.3. The highest BCUT2D eigenvalue weighted by Gasteiger charge is 2.11. The van der Waals surface area contributed by atoms with Crippen molar-refractivity contribution in [3.05, 3.63) is 59.4 Å². The highest BCUT2D eigenvalue weighted by molar-refractivity contribution is 5.86. The molecule has 0 bridgehead atoms. The maximum atomic E-state index is 9.80. The second kappa shape index (κ2) is 6.89. The van der Waals surface area contributed by atoms with Gasteiger partial charge in [-0.2, -0.15) is 0 Å². The molecule has 6 heteroatoms. The number of nitrogens with zero attached hydrogens (tertiary/aromatic N) is 1. The largest absolute Gasteiger partial charge is 0.508 e. The molecule has 0 amide bonds. The van der Waals surface area contributed by atoms with E-state index in [0.717, 1.165) is 52.4 Å². The lowest BCUT2D eigenvalue weighted by atomic mass is 10.1. The summed E-state index contributed by atoms with van der Waals surface area (Å²) in [6.45, 7) is 3.35. The summed E-state index contributed by atoms with van der Waals surface area (Å²) in [5, 5.41) is 21.7. The molecule has 0 aliphatic heterocycles. The van der Waals surface area contributed by atoms with Crippen molar-refractivity contribution >= 4 is 21.8 Å². The van der Waals surface area contributed by atoms with Crippen LogP contribution in [0.25, 0.3) is 21.8 Å². The summed E-state index contributed by atoms with van der Waals surface area (Å²) in [6.07, 6.45) is 3.62. The van der Waals surface area contributed by atoms with Gasteiger partial charge in [-0.25, -0.2) is 0 Å². The van der Waals surface area contributed by atoms with E-state index < -0.39 is 0 Å². The van der Waals surface area contributed by atoms with Crippen molar-refractivity contribution in [1.82, 2.24) is 9.66 Å². The average Bonchev–Trinajstić information content (AvgIpc) is 3.13. The van der Waals surface area contributed by atoms with Crippen LogP contribution in [0.2, 0.25) is 0 Å². The van der Waals surface area contributed by atoms with Gasteiger partial charge in [-0.05, 0) is 73.8 Å². The van der Waals surface area contributed by atoms with Crippen molar-refractivity contribution in [3.63, 3.8) is 0 Å². The van der Waals surface area contributed by atoms with E-state index in [9.17, 15) is 10.2 Å². The standard InChI is InChI=1S/C21H24N4O2/c1-13-17(19-11-15(26)2-4-20(19)24-13)7-9-23-25-12-14(6-8-22)18-10-16(27)3-5-21(18)25/h2-5,10-12,23-24,26-27H,6-9,22H2,1H3. The molecule has 0 aliphatic carbocycles. The fraction of sp³-hybridized carbons (Fsp3) is 0.238. The summed E-state index contributed by atoms with van der Waals surface area (Å²) >= 11 is 0. The van der Waals surface area contributed by atoms with Crippen molar-refractivity contribution in [2.75, 3.05) is 18.5 Å². The minimum atomic E-state index is 0.257. The molecule has 0 saturated heterocycles. The molecular formula is C21H24N4O2. The van der Waals surface area contributed by atoms with E-state index in [2.05, 4.69) is 17.3 Å². The summed E-state index contributed by atoms with van der Waals surface area (Å²) < 4.78 is 2.00. The first kappa shape index (κ1) is 17.3. The maximum Gasteiger partial charge on any atom is 0.116 e. The van der Waals surface area contributed by atoms with Crippen LogP contribution in [-0.2, 0) is 12.8 Å². The van der Waals surface area contributed by atoms with E-state index in [-0.39, 0.29) is 11.5 Å². The fourth-order valence-electron chi connectivity index (χ4n) is 3.77. The van der Waals surface area contributed by atoms with Gasteiger partial charge >= 0.3 is 0 Å². The molecule has 0 spiro atoms. The van der Waals surface area contributed by atoms with Crippen LogP contribution < -0.4 is 11.2 Å². The van der Waals surface area contributed by atoms with Gasteiger partial charge in [0.15, 0.2) is 0 Å². The number of benzene rings is 2. The Balaban J connectivity index is 1.58. The molecule has 0 unspecified atom stereocenters. The number of nitrogens with one attached hydrogen (secondary N) is 2. The van der Waals surface area contributed by atoms with Crippen molar-refractivity contribution < 1.29 is 10.2 Å². The number of aromatic nitrogens is 2. The number of hydrogen-bond donors (Lipinski definition) is 5. The normalized spacial score (nSPS) is 11.5. The van der Waals surface area contributed by atoms with Crippen LogP contribution in [0.15, 0.2) is 42.6 Å². The molecule has 4 aromatic rings. The van der Waals surface area contributed by atoms with Crippen molar-refractivity contribution in [2.24, 2.45) is 5.73 Å². The first-order chi connectivity index (χ1) is 13.1. The minimum absolute atomic E-state index is 0.257. The molecule has 140 valence electrons. The molecule has 2 heterocycles. The third-order valence-electron chi connectivity index (χ3n) is 5.04. The van der Waals surface area contributed by atoms with Crippen molar-refractivity contribution in [3.8, 4) is 11.5 Å². The summed E-state index contributed by atoms with van der Waals surface area (Å²) in [4.78, 5) is 3.37. The van der Waals surface area contributed by atoms with Crippen LogP contribution in [-0.4, -0.2) is 33.0 Å². The topological polar surface area (TPSA) is 99.2 Å². The van der Waals surface area contributed by atoms with Gasteiger partial charge in [-0.3, -0.25) is 4.68 Å². The predicted molar refractivity (Wildman–Crippen MR) is 109 cm³/mol. The molecule has 0 radical (unpaired) electrons. The molecule has 4 rings (SSSR count). The zero-order chi connectivity index (χ0) is 19.0. The zero-order valence-electron chi connectivity index (χ0n) is 15.3. The second-order valence-electron chi connectivity index (χ2n) is 6.88. The van der Waals surface area contributed by atoms with Gasteiger partial charge in [0.05, 0.1) is 5.52 Å². The van der Waals surface area contributed by atoms with E-state index >= 15 is 0 Å². The molecular weight excluding hydrogens is 340 g/mol. The Morgan fingerprint density at radius 1 is 1.04 bits per heavy atom. The number of H-pyrrole nitrogens is 1. The Labute approximate surface area is 157 Å². The number of phenolic OH excluding ortho intramolecular Hbond substituents is 2. The van der Waals surface area contributed by atoms with Gasteiger partial charge in [-0.15, -0.1) is 0 Å². The molecule has 0 atom stereocenters. The smallest absolute Gasteiger partial charge is 0.116 e. The Hall–Kier alpha value is -3.12. The first-order valence-electron chi connectivity index (χ1n) is 9.14. The third-order valence-corrected chi connectivity index (χ3v) is 5.04. The van der Waals surface area contributed by atoms with E-state index in [0.29, 0.717) is 6.54 Å². The molecule has 6 nitrogen and oxygen atoms in total. The van der Waals surface area contributed by atoms with Gasteiger partial charge in [-0.1, -0.05) is 0 Å². The quantitative estimate of drug-likeness (QED) is 0.363. The molecule has 2 aromatic carbocycles. The van der Waals surface area contributed by atoms with Gasteiger partial charge in [0.2, 0.25) is 0 Å². The van der Waals surface area contributed by atoms with Gasteiger partial charge in [0.25, 0.3) is 0 Å². The summed E-state index contributed by atoms with van der Waals surface area (Å²) in [7, 11) is 0. The second-order valence-corrected chi connectivity index (χ2v) is 6.88. The van der Waals surface area contributed by atoms with Crippen LogP contribution in [0.3, 0.4) is 0 Å². The Kier molecular flexibility index (Phi) is 4.41. The van der Waals surface area contributed by atoms with Gasteiger partial charge in [0, 0.05) is 34.7 Å². The number of phenols is 2. The molecule has 0 fully saturated rings. The van der Waals surface area contributed by atoms with Crippen LogP contribution in [0.1, 0.15) is 16.8 Å². The lowest BCUT2D eigenvalue weighted by Gasteiger charge is -2.10. The van der Waals surface area contributed by atoms with Crippen LogP contribution in [0.4, 0.5) is 0 Å². The first-order valence-corrected chi connectivity index (χ1v) is 9.14. The third kappa shape index (κ3) is 3.19. The fourth-order valence-corrected chi connectivity index (χ4v) is 3.77. The van der Waals surface area contributed by atoms with Crippen LogP contribution in [0.5, 0.6) is 11.5 Å². The Bertz CT molecular complexity index is 1110. The number of fused-ring (bicyclic) bond motifs is 2. The maximum absolute atomic E-state index is 9.80. The van der Waals surface area contributed by atoms with E-state index in [1.165, 1.54) is 5.56 Å². The summed E-state index contributed by atoms with van der Waals surface area (Å²) in [5.74, 6) is 0.533. The van der Waals surface area contributed by atoms with Crippen molar-refractivity contribution in [1.29, 1.82) is 0 Å². The summed E-state index contributed by atoms with van der Waals surface area (Å²) in [5.41, 5.74) is 14.7. The Morgan fingerprint density at radius 2 is 1.78 bits per heavy atom. The SMILES string of the molecule is Cc1[nH]c2ccc(O)cc2c1CCNn1cc(CCN)c2cc(O)ccc21. The molecule has 27 heavy (non-hydrogen) atoms. The molecule has 2 aromatic heterocycles. The molecule has 0 aliphatic rings. The van der Waals surface area contributed by atoms with Crippen LogP contribution in [0, 0.1) is 6.92 Å². The number of rotatable bonds is 6. The average molecular weight is 364 g/mol. The Morgan fingerprint density at radius 3 is 2.56 bits per heavy atom. The lowest BCUT2D eigenvalue weighted by molar-refractivity contribution is 0.475. The highest BCUT2D eigenvalue weighted by Crippen LogP contribution is 2.27. The van der Waals surface area contributed by atoms with E-state index in [1.807, 2.05) is 23.0 Å². The number of aromatic hydroxyl groups is 2. The molecule has 6 N–H and O–H groups in total. The van der Waals surface area contributed by atoms with Gasteiger partial charge in [0.1, 0.15) is 11.5 Å². The van der Waals surface area contributed by atoms with E-state index in [4.69, 9.17) is 5.73 Å². The number of hydrogen-bond acceptors (Lipinski definition) is 4. The predicted octanol–water partition coefficient (Wildman–Crippen LogP) is 3.13. The van der Waals surface area contributed by atoms with Gasteiger partial charge < -0.3 is 26.4 Å². The number of aromatic amines is 1. The van der Waals surface area contributed by atoms with Crippen LogP contribution >= 0.6 is 0 Å². The van der Waals surface area contributed by atoms with E-state index in [1.54, 1.807) is 24.3 Å².